The minimum absolute atomic E-state index is 0.253. The number of fused-ring (bicyclic) bond motifs is 1. The van der Waals surface area contributed by atoms with Crippen LogP contribution in [0.4, 0.5) is 11.4 Å². The zero-order chi connectivity index (χ0) is 25.1. The second-order valence-corrected chi connectivity index (χ2v) is 12.9. The number of hydrogen-bond acceptors (Lipinski definition) is 6. The lowest BCUT2D eigenvalue weighted by atomic mass is 9.83. The van der Waals surface area contributed by atoms with Crippen LogP contribution in [0.3, 0.4) is 0 Å². The molecule has 0 spiro atoms. The predicted octanol–water partition coefficient (Wildman–Crippen LogP) is 7.59. The van der Waals surface area contributed by atoms with Crippen molar-refractivity contribution in [2.45, 2.75) is 58.0 Å². The van der Waals surface area contributed by atoms with Gasteiger partial charge >= 0.3 is 5.97 Å². The van der Waals surface area contributed by atoms with Gasteiger partial charge in [-0.05, 0) is 74.4 Å². The summed E-state index contributed by atoms with van der Waals surface area (Å²) >= 11 is 2.17. The quantitative estimate of drug-likeness (QED) is 0.154. The van der Waals surface area contributed by atoms with Gasteiger partial charge in [-0.3, -0.25) is 9.11 Å². The SMILES string of the molecule is CCC1(CC)CN(c2ccccc2)c2cc(I)c(O/C=C/C(=O)OC(C)(C)C)cc2S(O)(O)C1. The second kappa shape index (κ2) is 10.5. The molecule has 0 saturated carbocycles. The van der Waals surface area contributed by atoms with Gasteiger partial charge in [-0.15, -0.1) is 0 Å². The van der Waals surface area contributed by atoms with Gasteiger partial charge in [-0.2, -0.15) is 10.6 Å². The molecule has 8 heteroatoms. The maximum atomic E-state index is 12.0. The van der Waals surface area contributed by atoms with E-state index in [0.29, 0.717) is 17.2 Å². The fourth-order valence-electron chi connectivity index (χ4n) is 4.07. The molecule has 2 aromatic rings. The van der Waals surface area contributed by atoms with Crippen LogP contribution in [-0.2, 0) is 9.53 Å². The number of carbonyl (C=O) groups is 1. The van der Waals surface area contributed by atoms with Crippen LogP contribution in [0.1, 0.15) is 47.5 Å². The van der Waals surface area contributed by atoms with Crippen LogP contribution in [0.15, 0.2) is 59.7 Å². The molecule has 0 fully saturated rings. The summed E-state index contributed by atoms with van der Waals surface area (Å²) in [7, 11) is -3.10. The molecule has 0 saturated heterocycles. The van der Waals surface area contributed by atoms with Crippen LogP contribution in [-0.4, -0.2) is 33.0 Å². The Bertz CT molecular complexity index is 1050. The van der Waals surface area contributed by atoms with Gasteiger partial charge in [0.1, 0.15) is 11.4 Å². The topological polar surface area (TPSA) is 79.2 Å². The van der Waals surface area contributed by atoms with Gasteiger partial charge in [0.2, 0.25) is 0 Å². The van der Waals surface area contributed by atoms with E-state index in [1.165, 1.54) is 12.3 Å². The molecule has 0 unspecified atom stereocenters. The van der Waals surface area contributed by atoms with E-state index in [2.05, 4.69) is 41.3 Å². The molecule has 2 N–H and O–H groups in total. The molecule has 0 bridgehead atoms. The highest BCUT2D eigenvalue weighted by Gasteiger charge is 2.41. The lowest BCUT2D eigenvalue weighted by molar-refractivity contribution is -0.148. The Morgan fingerprint density at radius 2 is 1.82 bits per heavy atom. The summed E-state index contributed by atoms with van der Waals surface area (Å²) in [5.41, 5.74) is 0.920. The Morgan fingerprint density at radius 3 is 2.41 bits per heavy atom. The number of carbonyl (C=O) groups excluding carboxylic acids is 1. The molecule has 6 nitrogen and oxygen atoms in total. The first-order valence-electron chi connectivity index (χ1n) is 11.4. The van der Waals surface area contributed by atoms with Gasteiger partial charge in [-0.25, -0.2) is 4.79 Å². The maximum absolute atomic E-state index is 12.0. The van der Waals surface area contributed by atoms with Gasteiger partial charge in [0, 0.05) is 29.5 Å². The minimum atomic E-state index is -3.10. The van der Waals surface area contributed by atoms with Crippen molar-refractivity contribution >= 4 is 50.5 Å². The van der Waals surface area contributed by atoms with Crippen molar-refractivity contribution in [2.24, 2.45) is 5.41 Å². The fraction of sp³-hybridized carbons (Fsp3) is 0.423. The summed E-state index contributed by atoms with van der Waals surface area (Å²) < 4.78 is 34.6. The van der Waals surface area contributed by atoms with Crippen molar-refractivity contribution in [1.29, 1.82) is 0 Å². The Morgan fingerprint density at radius 1 is 1.18 bits per heavy atom. The summed E-state index contributed by atoms with van der Waals surface area (Å²) in [5.74, 6) is 0.233. The highest BCUT2D eigenvalue weighted by atomic mass is 127. The predicted molar refractivity (Wildman–Crippen MR) is 147 cm³/mol. The van der Waals surface area contributed by atoms with Gasteiger partial charge < -0.3 is 14.4 Å². The monoisotopic (exact) mass is 599 g/mol. The number of hydrogen-bond donors (Lipinski definition) is 2. The standard InChI is InChI=1S/C26H34INO5S/c1-6-26(7-2)17-28(19-11-9-8-10-12-19)21-15-20(27)22(16-23(21)34(30,31)18-26)32-14-13-24(29)33-25(3,4)5/h8-16,30-31H,6-7,17-18H2,1-5H3/b14-13+. The van der Waals surface area contributed by atoms with E-state index in [9.17, 15) is 13.9 Å². The minimum Gasteiger partial charge on any atom is -0.464 e. The zero-order valence-electron chi connectivity index (χ0n) is 20.4. The molecular weight excluding hydrogens is 565 g/mol. The van der Waals surface area contributed by atoms with Crippen LogP contribution >= 0.6 is 33.2 Å². The van der Waals surface area contributed by atoms with Gasteiger partial charge in [0.25, 0.3) is 0 Å². The summed E-state index contributed by atoms with van der Waals surface area (Å²) in [6.07, 6.45) is 4.16. The molecule has 186 valence electrons. The average molecular weight is 600 g/mol. The molecule has 0 aromatic heterocycles. The largest absolute Gasteiger partial charge is 0.464 e. The Labute approximate surface area is 217 Å². The van der Waals surface area contributed by atoms with Crippen LogP contribution in [0.5, 0.6) is 5.75 Å². The average Bonchev–Trinajstić information content (AvgIpc) is 2.85. The highest BCUT2D eigenvalue weighted by molar-refractivity contribution is 14.1. The highest BCUT2D eigenvalue weighted by Crippen LogP contribution is 2.61. The first kappa shape index (κ1) is 26.8. The summed E-state index contributed by atoms with van der Waals surface area (Å²) in [5, 5.41) is 0. The van der Waals surface area contributed by atoms with Crippen molar-refractivity contribution < 1.29 is 23.4 Å². The van der Waals surface area contributed by atoms with Crippen molar-refractivity contribution in [1.82, 2.24) is 0 Å². The third-order valence-electron chi connectivity index (χ3n) is 6.03. The van der Waals surface area contributed by atoms with Crippen molar-refractivity contribution in [2.75, 3.05) is 17.2 Å². The first-order chi connectivity index (χ1) is 15.9. The van der Waals surface area contributed by atoms with Crippen LogP contribution in [0.25, 0.3) is 0 Å². The molecule has 3 rings (SSSR count). The normalized spacial score (nSPS) is 18.2. The summed E-state index contributed by atoms with van der Waals surface area (Å²) in [6.45, 7) is 10.3. The second-order valence-electron chi connectivity index (χ2n) is 9.64. The molecule has 0 atom stereocenters. The van der Waals surface area contributed by atoms with Crippen molar-refractivity contribution in [3.05, 3.63) is 58.4 Å². The molecule has 1 aliphatic rings. The van der Waals surface area contributed by atoms with Crippen molar-refractivity contribution in [3.8, 4) is 5.75 Å². The molecular formula is C26H34INO5S. The molecule has 2 aromatic carbocycles. The smallest absolute Gasteiger partial charge is 0.334 e. The van der Waals surface area contributed by atoms with E-state index in [1.807, 2.05) is 36.4 Å². The summed E-state index contributed by atoms with van der Waals surface area (Å²) in [6, 6.07) is 13.6. The Hall–Kier alpha value is -1.75. The van der Waals surface area contributed by atoms with Gasteiger partial charge in [-0.1, -0.05) is 32.0 Å². The molecule has 0 aliphatic carbocycles. The molecule has 0 radical (unpaired) electrons. The molecule has 1 heterocycles. The van der Waals surface area contributed by atoms with E-state index in [-0.39, 0.29) is 11.2 Å². The van der Waals surface area contributed by atoms with Crippen LogP contribution in [0.2, 0.25) is 0 Å². The van der Waals surface area contributed by atoms with E-state index in [4.69, 9.17) is 9.47 Å². The first-order valence-corrected chi connectivity index (χ1v) is 14.2. The molecule has 1 aliphatic heterocycles. The number of ether oxygens (including phenoxy) is 2. The van der Waals surface area contributed by atoms with E-state index < -0.39 is 22.2 Å². The van der Waals surface area contributed by atoms with Crippen LogP contribution in [0, 0.1) is 8.99 Å². The van der Waals surface area contributed by atoms with E-state index >= 15 is 0 Å². The lowest BCUT2D eigenvalue weighted by Crippen LogP contribution is -2.36. The zero-order valence-corrected chi connectivity index (χ0v) is 23.4. The number of benzene rings is 2. The van der Waals surface area contributed by atoms with Gasteiger partial charge in [0.05, 0.1) is 26.5 Å². The number of para-hydroxylation sites is 1. The number of anilines is 2. The van der Waals surface area contributed by atoms with E-state index in [1.54, 1.807) is 26.8 Å². The maximum Gasteiger partial charge on any atom is 0.334 e. The Kier molecular flexibility index (Phi) is 8.27. The fourth-order valence-corrected chi connectivity index (χ4v) is 6.96. The van der Waals surface area contributed by atoms with Crippen LogP contribution < -0.4 is 9.64 Å². The lowest BCUT2D eigenvalue weighted by Gasteiger charge is -2.40. The van der Waals surface area contributed by atoms with Crippen molar-refractivity contribution in [3.63, 3.8) is 0 Å². The third-order valence-corrected chi connectivity index (χ3v) is 8.92. The molecule has 34 heavy (non-hydrogen) atoms. The molecule has 0 amide bonds. The number of halogens is 1. The Balaban J connectivity index is 2.04. The van der Waals surface area contributed by atoms with Gasteiger partial charge in [0.15, 0.2) is 0 Å². The van der Waals surface area contributed by atoms with E-state index in [0.717, 1.165) is 27.8 Å². The number of rotatable bonds is 6. The third kappa shape index (κ3) is 6.27. The number of esters is 1. The number of nitrogens with zero attached hydrogens (tertiary/aromatic N) is 1. The summed E-state index contributed by atoms with van der Waals surface area (Å²) in [4.78, 5) is 14.6.